The van der Waals surface area contributed by atoms with Gasteiger partial charge in [-0.3, -0.25) is 4.79 Å². The molecule has 2 aromatic heterocycles. The Hall–Kier alpha value is -2.57. The normalized spacial score (nSPS) is 13.3. The van der Waals surface area contributed by atoms with Crippen LogP contribution in [-0.4, -0.2) is 24.2 Å². The van der Waals surface area contributed by atoms with Crippen molar-refractivity contribution in [1.82, 2.24) is 5.32 Å². The molecule has 0 saturated carbocycles. The predicted octanol–water partition coefficient (Wildman–Crippen LogP) is 3.90. The summed E-state index contributed by atoms with van der Waals surface area (Å²) < 4.78 is 10.9. The van der Waals surface area contributed by atoms with E-state index in [0.29, 0.717) is 22.3 Å². The Labute approximate surface area is 162 Å². The third-order valence-corrected chi connectivity index (χ3v) is 5.34. The summed E-state index contributed by atoms with van der Waals surface area (Å²) in [7, 11) is 0. The predicted molar refractivity (Wildman–Crippen MR) is 105 cm³/mol. The van der Waals surface area contributed by atoms with Crippen LogP contribution < -0.4 is 10.1 Å². The van der Waals surface area contributed by atoms with Crippen LogP contribution >= 0.6 is 11.3 Å². The fourth-order valence-electron chi connectivity index (χ4n) is 2.70. The molecule has 27 heavy (non-hydrogen) atoms. The van der Waals surface area contributed by atoms with Crippen molar-refractivity contribution in [1.29, 1.82) is 0 Å². The number of benzene rings is 1. The summed E-state index contributed by atoms with van der Waals surface area (Å²) in [6.45, 7) is 4.11. The fourth-order valence-corrected chi connectivity index (χ4v) is 3.53. The van der Waals surface area contributed by atoms with Crippen molar-refractivity contribution in [2.75, 3.05) is 13.2 Å². The van der Waals surface area contributed by atoms with Gasteiger partial charge in [-0.25, -0.2) is 0 Å². The molecule has 142 valence electrons. The van der Waals surface area contributed by atoms with Crippen LogP contribution in [0.4, 0.5) is 0 Å². The largest absolute Gasteiger partial charge is 0.484 e. The highest BCUT2D eigenvalue weighted by Crippen LogP contribution is 2.32. The van der Waals surface area contributed by atoms with Gasteiger partial charge in [0.25, 0.3) is 5.91 Å². The zero-order chi connectivity index (χ0) is 19.3. The van der Waals surface area contributed by atoms with Gasteiger partial charge in [-0.15, -0.1) is 11.3 Å². The summed E-state index contributed by atoms with van der Waals surface area (Å²) in [5.74, 6) is 1.15. The van der Waals surface area contributed by atoms with Crippen LogP contribution in [0.25, 0.3) is 0 Å². The highest BCUT2D eigenvalue weighted by molar-refractivity contribution is 7.10. The van der Waals surface area contributed by atoms with Crippen LogP contribution in [0.5, 0.6) is 5.75 Å². The van der Waals surface area contributed by atoms with Crippen molar-refractivity contribution >= 4 is 17.2 Å². The Morgan fingerprint density at radius 1 is 1.22 bits per heavy atom. The molecule has 2 heterocycles. The monoisotopic (exact) mass is 385 g/mol. The lowest BCUT2D eigenvalue weighted by Crippen LogP contribution is -2.42. The summed E-state index contributed by atoms with van der Waals surface area (Å²) in [6, 6.07) is 14.7. The van der Waals surface area contributed by atoms with E-state index < -0.39 is 5.60 Å². The molecule has 0 radical (unpaired) electrons. The molecule has 1 unspecified atom stereocenters. The summed E-state index contributed by atoms with van der Waals surface area (Å²) in [5.41, 5.74) is -0.196. The van der Waals surface area contributed by atoms with Crippen LogP contribution in [0.2, 0.25) is 0 Å². The van der Waals surface area contributed by atoms with Crippen LogP contribution in [0, 0.1) is 0 Å². The Bertz CT molecular complexity index is 805. The molecular formula is C21H23NO4S. The van der Waals surface area contributed by atoms with E-state index in [-0.39, 0.29) is 19.1 Å². The van der Waals surface area contributed by atoms with E-state index in [1.54, 1.807) is 12.1 Å². The first-order valence-electron chi connectivity index (χ1n) is 8.79. The van der Waals surface area contributed by atoms with Gasteiger partial charge in [-0.1, -0.05) is 32.0 Å². The number of thiophene rings is 1. The maximum Gasteiger partial charge on any atom is 0.258 e. The maximum atomic E-state index is 12.2. The first-order chi connectivity index (χ1) is 13.0. The minimum atomic E-state index is -1.41. The number of ether oxygens (including phenoxy) is 1. The van der Waals surface area contributed by atoms with Gasteiger partial charge in [-0.05, 0) is 47.2 Å². The molecule has 6 heteroatoms. The number of hydrogen-bond donors (Lipinski definition) is 2. The van der Waals surface area contributed by atoms with Crippen molar-refractivity contribution < 1.29 is 19.1 Å². The number of carbonyl (C=O) groups is 1. The number of carbonyl (C=O) groups excluding carboxylic acids is 1. The van der Waals surface area contributed by atoms with Crippen molar-refractivity contribution in [3.05, 3.63) is 76.4 Å². The standard InChI is InChI=1S/C21H23NO4S/c1-15(2)16-7-9-17(10-8-16)26-13-20(23)22-14-21(24,18-5-3-11-25-18)19-6-4-12-27-19/h3-12,15,24H,13-14H2,1-2H3,(H,22,23). The van der Waals surface area contributed by atoms with Gasteiger partial charge < -0.3 is 19.6 Å². The lowest BCUT2D eigenvalue weighted by molar-refractivity contribution is -0.124. The zero-order valence-electron chi connectivity index (χ0n) is 15.3. The molecule has 0 spiro atoms. The number of aliphatic hydroxyl groups is 1. The Balaban J connectivity index is 1.58. The van der Waals surface area contributed by atoms with Crippen LogP contribution in [0.15, 0.2) is 64.6 Å². The summed E-state index contributed by atoms with van der Waals surface area (Å²) in [5, 5.41) is 15.7. The topological polar surface area (TPSA) is 71.7 Å². The molecule has 0 fully saturated rings. The third-order valence-electron chi connectivity index (χ3n) is 4.32. The van der Waals surface area contributed by atoms with Crippen LogP contribution in [0.1, 0.15) is 36.0 Å². The average molecular weight is 385 g/mol. The highest BCUT2D eigenvalue weighted by Gasteiger charge is 2.36. The smallest absolute Gasteiger partial charge is 0.258 e. The zero-order valence-corrected chi connectivity index (χ0v) is 16.2. The van der Waals surface area contributed by atoms with Crippen molar-refractivity contribution in [3.63, 3.8) is 0 Å². The van der Waals surface area contributed by atoms with E-state index in [4.69, 9.17) is 9.15 Å². The first-order valence-corrected chi connectivity index (χ1v) is 9.67. The molecule has 5 nitrogen and oxygen atoms in total. The van der Waals surface area contributed by atoms with Gasteiger partial charge in [0.05, 0.1) is 12.8 Å². The second-order valence-electron chi connectivity index (χ2n) is 6.60. The molecule has 0 aliphatic heterocycles. The number of amides is 1. The lowest BCUT2D eigenvalue weighted by atomic mass is 9.98. The van der Waals surface area contributed by atoms with E-state index in [0.717, 1.165) is 0 Å². The number of hydrogen-bond acceptors (Lipinski definition) is 5. The molecule has 3 aromatic rings. The van der Waals surface area contributed by atoms with Crippen LogP contribution in [0.3, 0.4) is 0 Å². The first kappa shape index (κ1) is 19.2. The van der Waals surface area contributed by atoms with Gasteiger partial charge in [0.2, 0.25) is 0 Å². The SMILES string of the molecule is CC(C)c1ccc(OCC(=O)NCC(O)(c2ccco2)c2cccs2)cc1. The fraction of sp³-hybridized carbons (Fsp3) is 0.286. The highest BCUT2D eigenvalue weighted by atomic mass is 32.1. The Kier molecular flexibility index (Phi) is 5.98. The second kappa shape index (κ2) is 8.41. The lowest BCUT2D eigenvalue weighted by Gasteiger charge is -2.25. The molecule has 1 aromatic carbocycles. The van der Waals surface area contributed by atoms with E-state index in [2.05, 4.69) is 19.2 Å². The molecule has 0 saturated heterocycles. The molecule has 1 amide bonds. The summed E-state index contributed by atoms with van der Waals surface area (Å²) >= 11 is 1.40. The molecular weight excluding hydrogens is 362 g/mol. The maximum absolute atomic E-state index is 12.2. The summed E-state index contributed by atoms with van der Waals surface area (Å²) in [6.07, 6.45) is 1.50. The molecule has 2 N–H and O–H groups in total. The molecule has 1 atom stereocenters. The third kappa shape index (κ3) is 4.59. The van der Waals surface area contributed by atoms with E-state index >= 15 is 0 Å². The second-order valence-corrected chi connectivity index (χ2v) is 7.55. The van der Waals surface area contributed by atoms with E-state index in [1.165, 1.54) is 23.2 Å². The van der Waals surface area contributed by atoms with Gasteiger partial charge in [0, 0.05) is 4.88 Å². The van der Waals surface area contributed by atoms with Gasteiger partial charge >= 0.3 is 0 Å². The molecule has 3 rings (SSSR count). The summed E-state index contributed by atoms with van der Waals surface area (Å²) in [4.78, 5) is 12.9. The molecule has 0 bridgehead atoms. The minimum absolute atomic E-state index is 0.00446. The van der Waals surface area contributed by atoms with Crippen molar-refractivity contribution in [2.24, 2.45) is 0 Å². The number of nitrogens with one attached hydrogen (secondary N) is 1. The number of rotatable bonds is 8. The van der Waals surface area contributed by atoms with Gasteiger partial charge in [-0.2, -0.15) is 0 Å². The number of furan rings is 1. The van der Waals surface area contributed by atoms with E-state index in [1.807, 2.05) is 41.8 Å². The Morgan fingerprint density at radius 2 is 2.00 bits per heavy atom. The van der Waals surface area contributed by atoms with Crippen molar-refractivity contribution in [3.8, 4) is 5.75 Å². The Morgan fingerprint density at radius 3 is 2.59 bits per heavy atom. The van der Waals surface area contributed by atoms with Crippen LogP contribution in [-0.2, 0) is 10.4 Å². The minimum Gasteiger partial charge on any atom is -0.484 e. The van der Waals surface area contributed by atoms with Crippen molar-refractivity contribution in [2.45, 2.75) is 25.4 Å². The average Bonchev–Trinajstić information content (AvgIpc) is 3.39. The quantitative estimate of drug-likeness (QED) is 0.617. The van der Waals surface area contributed by atoms with E-state index in [9.17, 15) is 9.90 Å². The van der Waals surface area contributed by atoms with Gasteiger partial charge in [0.1, 0.15) is 11.5 Å². The van der Waals surface area contributed by atoms with Gasteiger partial charge in [0.15, 0.2) is 12.2 Å². The molecule has 0 aliphatic rings. The molecule has 0 aliphatic carbocycles.